The van der Waals surface area contributed by atoms with Crippen LogP contribution in [0.1, 0.15) is 50.0 Å². The van der Waals surface area contributed by atoms with Gasteiger partial charge in [0.25, 0.3) is 17.3 Å². The first-order chi connectivity index (χ1) is 14.9. The lowest BCUT2D eigenvalue weighted by Gasteiger charge is -2.21. The van der Waals surface area contributed by atoms with E-state index in [4.69, 9.17) is 9.47 Å². The predicted octanol–water partition coefficient (Wildman–Crippen LogP) is 4.35. The molecule has 1 N–H and O–H groups in total. The van der Waals surface area contributed by atoms with E-state index in [1.807, 2.05) is 19.9 Å². The van der Waals surface area contributed by atoms with E-state index in [1.54, 1.807) is 36.4 Å². The van der Waals surface area contributed by atoms with Gasteiger partial charge in [0.2, 0.25) is 0 Å². The van der Waals surface area contributed by atoms with Crippen molar-refractivity contribution in [2.75, 3.05) is 5.32 Å². The van der Waals surface area contributed by atoms with Crippen LogP contribution in [0.4, 0.5) is 5.69 Å². The minimum absolute atomic E-state index is 0.189. The molecule has 0 atom stereocenters. The van der Waals surface area contributed by atoms with Crippen molar-refractivity contribution >= 4 is 22.4 Å². The fourth-order valence-corrected chi connectivity index (χ4v) is 4.35. The van der Waals surface area contributed by atoms with E-state index in [1.165, 1.54) is 4.68 Å². The second-order valence-corrected chi connectivity index (χ2v) is 8.71. The van der Waals surface area contributed by atoms with E-state index in [9.17, 15) is 9.59 Å². The van der Waals surface area contributed by atoms with Crippen LogP contribution in [0.2, 0.25) is 0 Å². The maximum absolute atomic E-state index is 13.2. The lowest BCUT2D eigenvalue weighted by atomic mass is 10.1. The third-order valence-corrected chi connectivity index (χ3v) is 5.78. The molecule has 2 aromatic carbocycles. The molecule has 7 nitrogen and oxygen atoms in total. The SMILES string of the molecule is CC(C)Cn1nc(C(=O)Nc2ccc3c(c2)OC2(CCCC2)O3)c2ccccc2c1=O. The number of nitrogens with one attached hydrogen (secondary N) is 1. The Kier molecular flexibility index (Phi) is 4.68. The highest BCUT2D eigenvalue weighted by atomic mass is 16.7. The van der Waals surface area contributed by atoms with Gasteiger partial charge in [-0.05, 0) is 37.0 Å². The summed E-state index contributed by atoms with van der Waals surface area (Å²) < 4.78 is 13.5. The van der Waals surface area contributed by atoms with Gasteiger partial charge in [-0.2, -0.15) is 5.10 Å². The fourth-order valence-electron chi connectivity index (χ4n) is 4.35. The van der Waals surface area contributed by atoms with E-state index < -0.39 is 5.79 Å². The van der Waals surface area contributed by atoms with Crippen LogP contribution in [0.3, 0.4) is 0 Å². The largest absolute Gasteiger partial charge is 0.448 e. The molecule has 1 amide bonds. The zero-order valence-corrected chi connectivity index (χ0v) is 17.7. The molecule has 0 bridgehead atoms. The summed E-state index contributed by atoms with van der Waals surface area (Å²) in [6.07, 6.45) is 3.91. The molecule has 1 saturated carbocycles. The van der Waals surface area contributed by atoms with Gasteiger partial charge in [-0.1, -0.05) is 32.0 Å². The Balaban J connectivity index is 1.46. The minimum atomic E-state index is -0.547. The smallest absolute Gasteiger partial charge is 0.276 e. The molecule has 2 heterocycles. The second-order valence-electron chi connectivity index (χ2n) is 8.71. The highest BCUT2D eigenvalue weighted by molar-refractivity contribution is 6.11. The number of fused-ring (bicyclic) bond motifs is 2. The Labute approximate surface area is 180 Å². The summed E-state index contributed by atoms with van der Waals surface area (Å²) in [6.45, 7) is 4.45. The Morgan fingerprint density at radius 1 is 1.10 bits per heavy atom. The summed E-state index contributed by atoms with van der Waals surface area (Å²) in [5, 5.41) is 8.33. The number of aromatic nitrogens is 2. The predicted molar refractivity (Wildman–Crippen MR) is 118 cm³/mol. The molecule has 160 valence electrons. The average Bonchev–Trinajstić information content (AvgIpc) is 3.35. The van der Waals surface area contributed by atoms with Gasteiger partial charge in [-0.25, -0.2) is 4.68 Å². The summed E-state index contributed by atoms with van der Waals surface area (Å²) in [4.78, 5) is 26.0. The molecule has 0 radical (unpaired) electrons. The van der Waals surface area contributed by atoms with E-state index >= 15 is 0 Å². The van der Waals surface area contributed by atoms with Crippen LogP contribution in [0, 0.1) is 5.92 Å². The van der Waals surface area contributed by atoms with Gasteiger partial charge in [0, 0.05) is 36.5 Å². The Hall–Kier alpha value is -3.35. The average molecular weight is 419 g/mol. The molecule has 7 heteroatoms. The summed E-state index contributed by atoms with van der Waals surface area (Å²) in [5.41, 5.74) is 0.626. The van der Waals surface area contributed by atoms with Crippen LogP contribution in [-0.4, -0.2) is 21.5 Å². The zero-order valence-electron chi connectivity index (χ0n) is 17.7. The molecular formula is C24H25N3O4. The topological polar surface area (TPSA) is 82.5 Å². The summed E-state index contributed by atoms with van der Waals surface area (Å²) in [6, 6.07) is 12.5. The summed E-state index contributed by atoms with van der Waals surface area (Å²) in [5.74, 6) is 0.646. The molecular weight excluding hydrogens is 394 g/mol. The lowest BCUT2D eigenvalue weighted by Crippen LogP contribution is -2.34. The zero-order chi connectivity index (χ0) is 21.6. The van der Waals surface area contributed by atoms with Crippen LogP contribution in [0.25, 0.3) is 10.8 Å². The number of nitrogens with zero attached hydrogens (tertiary/aromatic N) is 2. The van der Waals surface area contributed by atoms with Crippen LogP contribution >= 0.6 is 0 Å². The number of carbonyl (C=O) groups excluding carboxylic acids is 1. The first-order valence-electron chi connectivity index (χ1n) is 10.8. The molecule has 31 heavy (non-hydrogen) atoms. The molecule has 1 aliphatic carbocycles. The van der Waals surface area contributed by atoms with Crippen LogP contribution in [0.5, 0.6) is 11.5 Å². The lowest BCUT2D eigenvalue weighted by molar-refractivity contribution is -0.0716. The number of benzene rings is 2. The van der Waals surface area contributed by atoms with E-state index in [0.717, 1.165) is 25.7 Å². The van der Waals surface area contributed by atoms with Crippen molar-refractivity contribution in [1.29, 1.82) is 0 Å². The number of amides is 1. The van der Waals surface area contributed by atoms with Gasteiger partial charge in [-0.3, -0.25) is 9.59 Å². The monoisotopic (exact) mass is 419 g/mol. The maximum atomic E-state index is 13.2. The number of hydrogen-bond acceptors (Lipinski definition) is 5. The summed E-state index contributed by atoms with van der Waals surface area (Å²) in [7, 11) is 0. The highest BCUT2D eigenvalue weighted by Crippen LogP contribution is 2.47. The molecule has 3 aromatic rings. The molecule has 5 rings (SSSR count). The number of anilines is 1. The normalized spacial score (nSPS) is 16.4. The van der Waals surface area contributed by atoms with Gasteiger partial charge in [0.1, 0.15) is 0 Å². The van der Waals surface area contributed by atoms with Crippen molar-refractivity contribution in [2.45, 2.75) is 51.9 Å². The van der Waals surface area contributed by atoms with Crippen LogP contribution in [-0.2, 0) is 6.54 Å². The summed E-state index contributed by atoms with van der Waals surface area (Å²) >= 11 is 0. The van der Waals surface area contributed by atoms with Crippen molar-refractivity contribution in [3.8, 4) is 11.5 Å². The van der Waals surface area contributed by atoms with E-state index in [0.29, 0.717) is 34.5 Å². The number of ether oxygens (including phenoxy) is 2. The minimum Gasteiger partial charge on any atom is -0.448 e. The van der Waals surface area contributed by atoms with Gasteiger partial charge >= 0.3 is 0 Å². The van der Waals surface area contributed by atoms with Gasteiger partial charge in [0.05, 0.1) is 5.39 Å². The molecule has 1 spiro atoms. The van der Waals surface area contributed by atoms with E-state index in [2.05, 4.69) is 10.4 Å². The number of hydrogen-bond donors (Lipinski definition) is 1. The number of carbonyl (C=O) groups is 1. The van der Waals surface area contributed by atoms with Crippen molar-refractivity contribution in [3.63, 3.8) is 0 Å². The van der Waals surface area contributed by atoms with Crippen molar-refractivity contribution in [2.24, 2.45) is 5.92 Å². The molecule has 1 aliphatic heterocycles. The van der Waals surface area contributed by atoms with Crippen molar-refractivity contribution < 1.29 is 14.3 Å². The Bertz CT molecular complexity index is 1230. The Morgan fingerprint density at radius 3 is 2.55 bits per heavy atom. The molecule has 0 saturated heterocycles. The maximum Gasteiger partial charge on any atom is 0.276 e. The standard InChI is InChI=1S/C24H25N3O4/c1-15(2)14-27-23(29)18-8-4-3-7-17(18)21(26-27)22(28)25-16-9-10-19-20(13-16)31-24(30-19)11-5-6-12-24/h3-4,7-10,13,15H,5-6,11-12,14H2,1-2H3,(H,25,28). The Morgan fingerprint density at radius 2 is 1.81 bits per heavy atom. The van der Waals surface area contributed by atoms with E-state index in [-0.39, 0.29) is 23.1 Å². The van der Waals surface area contributed by atoms with Gasteiger partial charge < -0.3 is 14.8 Å². The molecule has 1 aromatic heterocycles. The first-order valence-corrected chi connectivity index (χ1v) is 10.8. The number of rotatable bonds is 4. The third-order valence-electron chi connectivity index (χ3n) is 5.78. The molecule has 2 aliphatic rings. The first kappa shape index (κ1) is 19.6. The second kappa shape index (κ2) is 7.41. The quantitative estimate of drug-likeness (QED) is 0.680. The van der Waals surface area contributed by atoms with Gasteiger partial charge in [0.15, 0.2) is 17.2 Å². The van der Waals surface area contributed by atoms with Crippen molar-refractivity contribution in [1.82, 2.24) is 9.78 Å². The van der Waals surface area contributed by atoms with Crippen LogP contribution < -0.4 is 20.3 Å². The van der Waals surface area contributed by atoms with Gasteiger partial charge in [-0.15, -0.1) is 0 Å². The van der Waals surface area contributed by atoms with Crippen molar-refractivity contribution in [3.05, 3.63) is 58.5 Å². The van der Waals surface area contributed by atoms with Crippen LogP contribution in [0.15, 0.2) is 47.3 Å². The fraction of sp³-hybridized carbons (Fsp3) is 0.375. The molecule has 0 unspecified atom stereocenters. The molecule has 1 fully saturated rings. The highest BCUT2D eigenvalue weighted by Gasteiger charge is 2.44. The third kappa shape index (κ3) is 3.54.